The minimum absolute atomic E-state index is 0.770. The van der Waals surface area contributed by atoms with Crippen LogP contribution in [0.5, 0.6) is 0 Å². The van der Waals surface area contributed by atoms with E-state index in [0.717, 1.165) is 34.0 Å². The molecule has 0 spiro atoms. The molecule has 0 radical (unpaired) electrons. The summed E-state index contributed by atoms with van der Waals surface area (Å²) in [5.41, 5.74) is 0. The highest BCUT2D eigenvalue weighted by molar-refractivity contribution is 9.13. The first-order valence-electron chi connectivity index (χ1n) is 7.51. The van der Waals surface area contributed by atoms with Gasteiger partial charge in [-0.1, -0.05) is 19.3 Å². The van der Waals surface area contributed by atoms with E-state index in [1.165, 1.54) is 45.1 Å². The predicted octanol–water partition coefficient (Wildman–Crippen LogP) is 4.55. The summed E-state index contributed by atoms with van der Waals surface area (Å²) in [6.45, 7) is 3.01. The largest absolute Gasteiger partial charge is 0.452 e. The van der Waals surface area contributed by atoms with E-state index in [-0.39, 0.29) is 0 Å². The van der Waals surface area contributed by atoms with Crippen LogP contribution in [0.25, 0.3) is 0 Å². The average Bonchev–Trinajstić information content (AvgIpc) is 2.78. The highest BCUT2D eigenvalue weighted by Crippen LogP contribution is 2.26. The van der Waals surface area contributed by atoms with Gasteiger partial charge in [0.1, 0.15) is 5.76 Å². The first-order valence-corrected chi connectivity index (χ1v) is 9.10. The second-order valence-corrected chi connectivity index (χ2v) is 7.21. The number of rotatable bonds is 7. The molecule has 1 saturated carbocycles. The van der Waals surface area contributed by atoms with E-state index in [9.17, 15) is 0 Å². The summed E-state index contributed by atoms with van der Waals surface area (Å²) in [7, 11) is 2.27. The van der Waals surface area contributed by atoms with Gasteiger partial charge >= 0.3 is 0 Å². The monoisotopic (exact) mass is 406 g/mol. The number of furan rings is 1. The molecule has 1 N–H and O–H groups in total. The van der Waals surface area contributed by atoms with Gasteiger partial charge in [-0.15, -0.1) is 0 Å². The van der Waals surface area contributed by atoms with E-state index in [4.69, 9.17) is 4.42 Å². The fourth-order valence-electron chi connectivity index (χ4n) is 2.85. The lowest BCUT2D eigenvalue weighted by molar-refractivity contribution is 0.189. The Kier molecular flexibility index (Phi) is 7.08. The van der Waals surface area contributed by atoms with Crippen molar-refractivity contribution in [3.8, 4) is 0 Å². The Morgan fingerprint density at radius 3 is 2.70 bits per heavy atom. The highest BCUT2D eigenvalue weighted by atomic mass is 79.9. The molecule has 0 saturated heterocycles. The van der Waals surface area contributed by atoms with Crippen molar-refractivity contribution in [2.24, 2.45) is 0 Å². The summed E-state index contributed by atoms with van der Waals surface area (Å²) in [6.07, 6.45) is 8.22. The third kappa shape index (κ3) is 5.17. The summed E-state index contributed by atoms with van der Waals surface area (Å²) in [4.78, 5) is 2.54. The zero-order valence-corrected chi connectivity index (χ0v) is 15.3. The molecular weight excluding hydrogens is 384 g/mol. The molecule has 2 rings (SSSR count). The molecule has 1 aliphatic rings. The molecule has 0 atom stereocenters. The third-order valence-electron chi connectivity index (χ3n) is 4.06. The average molecular weight is 408 g/mol. The zero-order chi connectivity index (χ0) is 14.4. The molecular formula is C15H24Br2N2O. The van der Waals surface area contributed by atoms with Crippen LogP contribution in [0.4, 0.5) is 0 Å². The number of halogens is 2. The van der Waals surface area contributed by atoms with Crippen LogP contribution in [0.15, 0.2) is 19.6 Å². The smallest absolute Gasteiger partial charge is 0.183 e. The van der Waals surface area contributed by atoms with Gasteiger partial charge < -0.3 is 14.6 Å². The molecule has 1 aromatic heterocycles. The first kappa shape index (κ1) is 16.5. The van der Waals surface area contributed by atoms with Crippen LogP contribution >= 0.6 is 31.9 Å². The molecule has 0 unspecified atom stereocenters. The minimum atomic E-state index is 0.770. The van der Waals surface area contributed by atoms with Crippen molar-refractivity contribution in [1.82, 2.24) is 10.2 Å². The highest BCUT2D eigenvalue weighted by Gasteiger charge is 2.17. The van der Waals surface area contributed by atoms with Gasteiger partial charge in [0.2, 0.25) is 0 Å². The number of nitrogens with one attached hydrogen (secondary N) is 1. The molecule has 20 heavy (non-hydrogen) atoms. The van der Waals surface area contributed by atoms with Crippen LogP contribution < -0.4 is 5.32 Å². The maximum atomic E-state index is 5.53. The number of nitrogens with zero attached hydrogens (tertiary/aromatic N) is 1. The van der Waals surface area contributed by atoms with E-state index in [0.29, 0.717) is 0 Å². The molecule has 1 fully saturated rings. The van der Waals surface area contributed by atoms with E-state index < -0.39 is 0 Å². The van der Waals surface area contributed by atoms with Crippen LogP contribution in [0.3, 0.4) is 0 Å². The third-order valence-corrected chi connectivity index (χ3v) is 5.77. The van der Waals surface area contributed by atoms with Gasteiger partial charge in [0.15, 0.2) is 4.67 Å². The minimum Gasteiger partial charge on any atom is -0.452 e. The van der Waals surface area contributed by atoms with Gasteiger partial charge in [-0.05, 0) is 77.3 Å². The summed E-state index contributed by atoms with van der Waals surface area (Å²) in [6, 6.07) is 2.83. The molecule has 1 aromatic rings. The molecule has 5 heteroatoms. The summed E-state index contributed by atoms with van der Waals surface area (Å²) < 4.78 is 7.28. The van der Waals surface area contributed by atoms with Crippen molar-refractivity contribution in [1.29, 1.82) is 0 Å². The molecule has 114 valence electrons. The van der Waals surface area contributed by atoms with Crippen molar-refractivity contribution in [2.75, 3.05) is 20.1 Å². The standard InChI is InChI=1S/C15H24Br2N2O/c1-19(12-6-3-2-4-7-12)9-5-8-18-11-13-10-14(16)15(17)20-13/h10,12,18H,2-9,11H2,1H3. The maximum absolute atomic E-state index is 5.53. The van der Waals surface area contributed by atoms with Crippen molar-refractivity contribution >= 4 is 31.9 Å². The lowest BCUT2D eigenvalue weighted by atomic mass is 9.94. The van der Waals surface area contributed by atoms with Gasteiger partial charge in [-0.3, -0.25) is 0 Å². The van der Waals surface area contributed by atoms with Gasteiger partial charge in [-0.25, -0.2) is 0 Å². The van der Waals surface area contributed by atoms with Crippen LogP contribution in [0.1, 0.15) is 44.3 Å². The Morgan fingerprint density at radius 2 is 2.05 bits per heavy atom. The SMILES string of the molecule is CN(CCCNCc1cc(Br)c(Br)o1)C1CCCCC1. The topological polar surface area (TPSA) is 28.4 Å². The molecule has 0 aromatic carbocycles. The Morgan fingerprint density at radius 1 is 1.30 bits per heavy atom. The number of hydrogen-bond donors (Lipinski definition) is 1. The maximum Gasteiger partial charge on any atom is 0.183 e. The predicted molar refractivity (Wildman–Crippen MR) is 89.9 cm³/mol. The lowest BCUT2D eigenvalue weighted by Crippen LogP contribution is -2.35. The number of hydrogen-bond acceptors (Lipinski definition) is 3. The Bertz CT molecular complexity index is 383. The van der Waals surface area contributed by atoms with Gasteiger partial charge in [0.05, 0.1) is 11.0 Å². The fourth-order valence-corrected chi connectivity index (χ4v) is 3.51. The van der Waals surface area contributed by atoms with Gasteiger partial charge in [0, 0.05) is 6.04 Å². The Labute approximate surface area is 138 Å². The zero-order valence-electron chi connectivity index (χ0n) is 12.1. The summed E-state index contributed by atoms with van der Waals surface area (Å²) >= 11 is 6.78. The Balaban J connectivity index is 1.56. The first-order chi connectivity index (χ1) is 9.66. The molecule has 0 amide bonds. The summed E-state index contributed by atoms with van der Waals surface area (Å²) in [5.74, 6) is 0.962. The molecule has 1 aliphatic carbocycles. The molecule has 0 bridgehead atoms. The summed E-state index contributed by atoms with van der Waals surface area (Å²) in [5, 5.41) is 3.44. The van der Waals surface area contributed by atoms with Crippen molar-refractivity contribution < 1.29 is 4.42 Å². The fraction of sp³-hybridized carbons (Fsp3) is 0.733. The van der Waals surface area contributed by atoms with Gasteiger partial charge in [0.25, 0.3) is 0 Å². The molecule has 3 nitrogen and oxygen atoms in total. The van der Waals surface area contributed by atoms with E-state index in [2.05, 4.69) is 49.1 Å². The van der Waals surface area contributed by atoms with E-state index in [1.54, 1.807) is 0 Å². The quantitative estimate of drug-likeness (QED) is 0.672. The van der Waals surface area contributed by atoms with Crippen molar-refractivity contribution in [2.45, 2.75) is 51.1 Å². The second kappa shape index (κ2) is 8.57. The van der Waals surface area contributed by atoms with E-state index in [1.807, 2.05) is 6.07 Å². The van der Waals surface area contributed by atoms with E-state index >= 15 is 0 Å². The molecule has 0 aliphatic heterocycles. The van der Waals surface area contributed by atoms with Crippen molar-refractivity contribution in [3.63, 3.8) is 0 Å². The normalized spacial score (nSPS) is 17.0. The van der Waals surface area contributed by atoms with Crippen LogP contribution in [-0.2, 0) is 6.54 Å². The van der Waals surface area contributed by atoms with Crippen molar-refractivity contribution in [3.05, 3.63) is 21.0 Å². The molecule has 1 heterocycles. The van der Waals surface area contributed by atoms with Crippen LogP contribution in [0, 0.1) is 0 Å². The lowest BCUT2D eigenvalue weighted by Gasteiger charge is -2.31. The second-order valence-electron chi connectivity index (χ2n) is 5.64. The Hall–Kier alpha value is 0.160. The van der Waals surface area contributed by atoms with Crippen LogP contribution in [-0.4, -0.2) is 31.1 Å². The van der Waals surface area contributed by atoms with Gasteiger partial charge in [-0.2, -0.15) is 0 Å². The van der Waals surface area contributed by atoms with Crippen LogP contribution in [0.2, 0.25) is 0 Å².